The number of hydrogen-bond donors (Lipinski definition) is 0. The van der Waals surface area contributed by atoms with Gasteiger partial charge in [-0.2, -0.15) is 0 Å². The van der Waals surface area contributed by atoms with Crippen molar-refractivity contribution in [2.24, 2.45) is 0 Å². The lowest BCUT2D eigenvalue weighted by atomic mass is 9.82. The fraction of sp³-hybridized carbons (Fsp3) is 0.618. The fourth-order valence-corrected chi connectivity index (χ4v) is 5.98. The standard InChI is InChI=1S/C34H44ClF3O8/c1-5-8-17-41-28-29(42-18-9-6-2)32(31(39)40-4)22-44-33(46-32,30(28)43-19-10-7-3)25-13-16-27(35)24(21-25)20-23-11-14-26(15-12-23)45-34(36,37)38/h11-16,21,28-30H,5-10,17-20,22H2,1-4H3/t28-,29-,30+,32-,33-/m0/s1. The van der Waals surface area contributed by atoms with Gasteiger partial charge >= 0.3 is 12.3 Å². The molecule has 0 saturated carbocycles. The van der Waals surface area contributed by atoms with Crippen LogP contribution >= 0.6 is 11.6 Å². The van der Waals surface area contributed by atoms with Crippen molar-refractivity contribution in [3.63, 3.8) is 0 Å². The van der Waals surface area contributed by atoms with E-state index in [0.29, 0.717) is 41.5 Å². The fourth-order valence-electron chi connectivity index (χ4n) is 5.80. The zero-order chi connectivity index (χ0) is 33.4. The highest BCUT2D eigenvalue weighted by Gasteiger charge is 2.72. The summed E-state index contributed by atoms with van der Waals surface area (Å²) in [5, 5.41) is 0.434. The number of carbonyl (C=O) groups excluding carboxylic acids is 1. The Hall–Kier alpha value is -2.41. The van der Waals surface area contributed by atoms with Crippen molar-refractivity contribution >= 4 is 17.6 Å². The number of ether oxygens (including phenoxy) is 7. The van der Waals surface area contributed by atoms with Crippen LogP contribution in [0.5, 0.6) is 5.75 Å². The van der Waals surface area contributed by atoms with Gasteiger partial charge in [0.25, 0.3) is 0 Å². The molecule has 2 fully saturated rings. The molecule has 0 N–H and O–H groups in total. The largest absolute Gasteiger partial charge is 0.573 e. The van der Waals surface area contributed by atoms with E-state index in [2.05, 4.69) is 25.5 Å². The Morgan fingerprint density at radius 3 is 2.11 bits per heavy atom. The topological polar surface area (TPSA) is 81.7 Å². The highest BCUT2D eigenvalue weighted by molar-refractivity contribution is 6.31. The molecule has 2 heterocycles. The monoisotopic (exact) mass is 672 g/mol. The number of unbranched alkanes of at least 4 members (excludes halogenated alkanes) is 3. The van der Waals surface area contributed by atoms with Crippen molar-refractivity contribution in [2.45, 2.75) is 102 Å². The molecule has 256 valence electrons. The second-order valence-electron chi connectivity index (χ2n) is 11.6. The Kier molecular flexibility index (Phi) is 12.8. The first-order valence-electron chi connectivity index (χ1n) is 15.9. The molecule has 2 saturated heterocycles. The summed E-state index contributed by atoms with van der Waals surface area (Å²) in [7, 11) is 1.30. The summed E-state index contributed by atoms with van der Waals surface area (Å²) >= 11 is 6.64. The van der Waals surface area contributed by atoms with Crippen molar-refractivity contribution in [3.8, 4) is 5.75 Å². The van der Waals surface area contributed by atoms with Crippen molar-refractivity contribution in [2.75, 3.05) is 33.5 Å². The van der Waals surface area contributed by atoms with E-state index in [4.69, 9.17) is 40.0 Å². The molecule has 0 aromatic heterocycles. The van der Waals surface area contributed by atoms with Crippen LogP contribution in [-0.2, 0) is 45.4 Å². The first-order valence-corrected chi connectivity index (χ1v) is 16.3. The summed E-state index contributed by atoms with van der Waals surface area (Å²) in [5.41, 5.74) is 0.288. The molecule has 2 aliphatic rings. The summed E-state index contributed by atoms with van der Waals surface area (Å²) in [6.45, 7) is 7.20. The van der Waals surface area contributed by atoms with Crippen LogP contribution in [0.15, 0.2) is 42.5 Å². The van der Waals surface area contributed by atoms with Crippen molar-refractivity contribution in [1.82, 2.24) is 0 Å². The third kappa shape index (κ3) is 8.17. The van der Waals surface area contributed by atoms with Gasteiger partial charge in [0, 0.05) is 30.4 Å². The summed E-state index contributed by atoms with van der Waals surface area (Å²) in [6.07, 6.45) is -1.90. The molecule has 4 rings (SSSR count). The van der Waals surface area contributed by atoms with Crippen LogP contribution < -0.4 is 4.74 Å². The molecule has 8 nitrogen and oxygen atoms in total. The quantitative estimate of drug-likeness (QED) is 0.126. The molecule has 2 aromatic carbocycles. The van der Waals surface area contributed by atoms with Crippen LogP contribution in [0.1, 0.15) is 76.0 Å². The molecule has 0 amide bonds. The molecule has 2 bridgehead atoms. The van der Waals surface area contributed by atoms with E-state index in [1.807, 2.05) is 6.07 Å². The number of halogens is 4. The molecule has 2 aromatic rings. The zero-order valence-electron chi connectivity index (χ0n) is 26.8. The molecule has 12 heteroatoms. The SMILES string of the molecule is CCCCO[C@@H]1[C@@H](OCCCC)[C@@]2(c3ccc(Cl)c(Cc4ccc(OC(F)(F)F)cc4)c3)OC[C@](C(=O)OC)(O2)[C@H]1OCCCC. The second-order valence-corrected chi connectivity index (χ2v) is 12.0. The average Bonchev–Trinajstić information content (AvgIpc) is 3.39. The van der Waals surface area contributed by atoms with E-state index >= 15 is 0 Å². The number of fused-ring (bicyclic) bond motifs is 2. The summed E-state index contributed by atoms with van der Waals surface area (Å²) < 4.78 is 80.0. The van der Waals surface area contributed by atoms with E-state index in [-0.39, 0.29) is 18.8 Å². The molecule has 5 atom stereocenters. The third-order valence-corrected chi connectivity index (χ3v) is 8.56. The van der Waals surface area contributed by atoms with Gasteiger partial charge in [-0.3, -0.25) is 0 Å². The minimum atomic E-state index is -4.78. The summed E-state index contributed by atoms with van der Waals surface area (Å²) in [5.74, 6) is -2.53. The number of esters is 1. The first-order chi connectivity index (χ1) is 22.0. The molecular weight excluding hydrogens is 629 g/mol. The van der Waals surface area contributed by atoms with Gasteiger partial charge in [-0.25, -0.2) is 4.79 Å². The lowest BCUT2D eigenvalue weighted by molar-refractivity contribution is -0.341. The number of carbonyl (C=O) groups is 1. The molecule has 2 aliphatic heterocycles. The van der Waals surface area contributed by atoms with Gasteiger partial charge in [0.05, 0.1) is 13.7 Å². The maximum Gasteiger partial charge on any atom is 0.573 e. The maximum absolute atomic E-state index is 13.6. The number of rotatable bonds is 17. The van der Waals surface area contributed by atoms with E-state index < -0.39 is 42.0 Å². The van der Waals surface area contributed by atoms with E-state index in [1.165, 1.54) is 19.2 Å². The minimum absolute atomic E-state index is 0.156. The Bertz CT molecular complexity index is 1280. The number of alkyl halides is 3. The minimum Gasteiger partial charge on any atom is -0.467 e. The predicted molar refractivity (Wildman–Crippen MR) is 165 cm³/mol. The van der Waals surface area contributed by atoms with E-state index in [9.17, 15) is 18.0 Å². The van der Waals surface area contributed by atoms with Gasteiger partial charge < -0.3 is 33.2 Å². The van der Waals surface area contributed by atoms with E-state index in [0.717, 1.165) is 38.5 Å². The lowest BCUT2D eigenvalue weighted by Crippen LogP contribution is -2.69. The molecule has 0 radical (unpaired) electrons. The Morgan fingerprint density at radius 2 is 1.52 bits per heavy atom. The summed E-state index contributed by atoms with van der Waals surface area (Å²) in [4.78, 5) is 13.6. The van der Waals surface area contributed by atoms with E-state index in [1.54, 1.807) is 24.3 Å². The van der Waals surface area contributed by atoms with Gasteiger partial charge in [0.1, 0.15) is 24.1 Å². The van der Waals surface area contributed by atoms with Crippen molar-refractivity contribution < 1.29 is 51.1 Å². The Labute approximate surface area is 273 Å². The van der Waals surface area contributed by atoms with Crippen LogP contribution in [0.4, 0.5) is 13.2 Å². The van der Waals surface area contributed by atoms with Gasteiger partial charge in [0.15, 0.2) is 0 Å². The van der Waals surface area contributed by atoms with Gasteiger partial charge in [-0.15, -0.1) is 13.2 Å². The van der Waals surface area contributed by atoms with Gasteiger partial charge in [-0.05, 0) is 61.1 Å². The molecular formula is C34H44ClF3O8. The highest BCUT2D eigenvalue weighted by Crippen LogP contribution is 2.53. The average molecular weight is 673 g/mol. The normalized spacial score (nSPS) is 25.9. The van der Waals surface area contributed by atoms with Crippen LogP contribution in [0.2, 0.25) is 5.02 Å². The molecule has 0 spiro atoms. The number of hydrogen-bond acceptors (Lipinski definition) is 8. The van der Waals surface area contributed by atoms with Crippen molar-refractivity contribution in [1.29, 1.82) is 0 Å². The van der Waals surface area contributed by atoms with Crippen LogP contribution in [0.3, 0.4) is 0 Å². The highest BCUT2D eigenvalue weighted by atomic mass is 35.5. The smallest absolute Gasteiger partial charge is 0.467 e. The first kappa shape index (κ1) is 36.4. The zero-order valence-corrected chi connectivity index (χ0v) is 27.6. The van der Waals surface area contributed by atoms with Crippen molar-refractivity contribution in [3.05, 3.63) is 64.2 Å². The number of methoxy groups -OCH3 is 1. The molecule has 0 unspecified atom stereocenters. The predicted octanol–water partition coefficient (Wildman–Crippen LogP) is 7.51. The Morgan fingerprint density at radius 1 is 0.913 bits per heavy atom. The maximum atomic E-state index is 13.6. The molecule has 46 heavy (non-hydrogen) atoms. The van der Waals surface area contributed by atoms with Crippen LogP contribution in [0, 0.1) is 0 Å². The second kappa shape index (κ2) is 16.1. The van der Waals surface area contributed by atoms with Gasteiger partial charge in [0.2, 0.25) is 11.4 Å². The van der Waals surface area contributed by atoms with Crippen LogP contribution in [-0.4, -0.2) is 69.8 Å². The van der Waals surface area contributed by atoms with Gasteiger partial charge in [-0.1, -0.05) is 69.8 Å². The lowest BCUT2D eigenvalue weighted by Gasteiger charge is -2.49. The summed E-state index contributed by atoms with van der Waals surface area (Å²) in [6, 6.07) is 10.9. The third-order valence-electron chi connectivity index (χ3n) is 8.20. The number of benzene rings is 2. The molecule has 0 aliphatic carbocycles. The van der Waals surface area contributed by atoms with Crippen LogP contribution in [0.25, 0.3) is 0 Å². The Balaban J connectivity index is 1.76.